The summed E-state index contributed by atoms with van der Waals surface area (Å²) < 4.78 is 0. The molecule has 0 saturated carbocycles. The highest BCUT2D eigenvalue weighted by Crippen LogP contribution is 2.30. The number of aryl methyl sites for hydroxylation is 1. The highest BCUT2D eigenvalue weighted by atomic mass is 32.1. The number of carbonyl (C=O) groups is 1. The number of carbonyl (C=O) groups excluding carboxylic acids is 1. The molecule has 3 nitrogen and oxygen atoms in total. The molecule has 1 fully saturated rings. The van der Waals surface area contributed by atoms with Crippen molar-refractivity contribution < 1.29 is 4.79 Å². The monoisotopic (exact) mass is 224 g/mol. The standard InChI is InChI=1S/C11H16N2OS/c1-8-4-7-15-11(8)13-5-2-9(3-6-13)10(12)14/h4,7,9H,2-3,5-6H2,1H3,(H2,12,14). The Hall–Kier alpha value is -1.03. The van der Waals surface area contributed by atoms with Gasteiger partial charge in [-0.05, 0) is 36.8 Å². The molecule has 0 radical (unpaired) electrons. The smallest absolute Gasteiger partial charge is 0.220 e. The average Bonchev–Trinajstić information content (AvgIpc) is 2.65. The fraction of sp³-hybridized carbons (Fsp3) is 0.545. The number of thiophene rings is 1. The summed E-state index contributed by atoms with van der Waals surface area (Å²) in [6, 6.07) is 2.14. The van der Waals surface area contributed by atoms with Crippen LogP contribution >= 0.6 is 11.3 Å². The molecule has 0 bridgehead atoms. The molecule has 15 heavy (non-hydrogen) atoms. The molecule has 2 rings (SSSR count). The molecule has 1 aromatic heterocycles. The van der Waals surface area contributed by atoms with Crippen LogP contribution in [-0.4, -0.2) is 19.0 Å². The molecule has 2 N–H and O–H groups in total. The maximum Gasteiger partial charge on any atom is 0.220 e. The lowest BCUT2D eigenvalue weighted by Gasteiger charge is -2.31. The number of primary amides is 1. The third-order valence-electron chi connectivity index (χ3n) is 3.02. The summed E-state index contributed by atoms with van der Waals surface area (Å²) in [4.78, 5) is 13.4. The number of nitrogens with two attached hydrogens (primary N) is 1. The second-order valence-corrected chi connectivity index (χ2v) is 4.97. The van der Waals surface area contributed by atoms with Crippen molar-refractivity contribution in [2.75, 3.05) is 18.0 Å². The zero-order valence-electron chi connectivity index (χ0n) is 8.90. The molecular weight excluding hydrogens is 208 g/mol. The van der Waals surface area contributed by atoms with Gasteiger partial charge in [0.15, 0.2) is 0 Å². The van der Waals surface area contributed by atoms with Gasteiger partial charge in [-0.15, -0.1) is 11.3 Å². The van der Waals surface area contributed by atoms with Crippen molar-refractivity contribution in [3.8, 4) is 0 Å². The van der Waals surface area contributed by atoms with Gasteiger partial charge in [0.25, 0.3) is 0 Å². The molecule has 1 aliphatic rings. The fourth-order valence-corrected chi connectivity index (χ4v) is 3.04. The van der Waals surface area contributed by atoms with Crippen LogP contribution in [-0.2, 0) is 4.79 Å². The topological polar surface area (TPSA) is 46.3 Å². The number of hydrogen-bond acceptors (Lipinski definition) is 3. The Morgan fingerprint density at radius 2 is 2.20 bits per heavy atom. The minimum Gasteiger partial charge on any atom is -0.369 e. The van der Waals surface area contributed by atoms with Gasteiger partial charge in [0.1, 0.15) is 0 Å². The van der Waals surface area contributed by atoms with E-state index in [1.54, 1.807) is 11.3 Å². The molecule has 1 amide bonds. The van der Waals surface area contributed by atoms with E-state index in [4.69, 9.17) is 5.73 Å². The lowest BCUT2D eigenvalue weighted by Crippen LogP contribution is -2.38. The number of piperidine rings is 1. The Kier molecular flexibility index (Phi) is 2.95. The van der Waals surface area contributed by atoms with E-state index in [1.165, 1.54) is 10.6 Å². The first-order valence-corrected chi connectivity index (χ1v) is 6.15. The third-order valence-corrected chi connectivity index (χ3v) is 4.10. The molecule has 0 spiro atoms. The minimum atomic E-state index is -0.141. The molecular formula is C11H16N2OS. The van der Waals surface area contributed by atoms with Crippen molar-refractivity contribution in [1.82, 2.24) is 0 Å². The molecule has 0 aliphatic carbocycles. The summed E-state index contributed by atoms with van der Waals surface area (Å²) in [5.74, 6) is -0.0564. The maximum atomic E-state index is 11.0. The van der Waals surface area contributed by atoms with Crippen LogP contribution in [0.1, 0.15) is 18.4 Å². The van der Waals surface area contributed by atoms with E-state index in [-0.39, 0.29) is 11.8 Å². The largest absolute Gasteiger partial charge is 0.369 e. The van der Waals surface area contributed by atoms with E-state index >= 15 is 0 Å². The molecule has 2 heterocycles. The fourth-order valence-electron chi connectivity index (χ4n) is 2.06. The molecule has 1 aromatic rings. The van der Waals surface area contributed by atoms with E-state index in [0.29, 0.717) is 0 Å². The van der Waals surface area contributed by atoms with E-state index < -0.39 is 0 Å². The Labute approximate surface area is 93.9 Å². The summed E-state index contributed by atoms with van der Waals surface area (Å²) in [7, 11) is 0. The Balaban J connectivity index is 2.00. The van der Waals surface area contributed by atoms with E-state index in [9.17, 15) is 4.79 Å². The summed E-state index contributed by atoms with van der Waals surface area (Å²) in [6.07, 6.45) is 1.79. The number of anilines is 1. The van der Waals surface area contributed by atoms with Gasteiger partial charge in [-0.1, -0.05) is 0 Å². The maximum absolute atomic E-state index is 11.0. The normalized spacial score (nSPS) is 18.1. The lowest BCUT2D eigenvalue weighted by atomic mass is 9.96. The molecule has 1 saturated heterocycles. The predicted molar refractivity (Wildman–Crippen MR) is 63.2 cm³/mol. The molecule has 0 aromatic carbocycles. The number of nitrogens with zero attached hydrogens (tertiary/aromatic N) is 1. The second-order valence-electron chi connectivity index (χ2n) is 4.07. The summed E-state index contributed by atoms with van der Waals surface area (Å²) in [5.41, 5.74) is 6.64. The van der Waals surface area contributed by atoms with E-state index in [2.05, 4.69) is 23.3 Å². The van der Waals surface area contributed by atoms with Crippen LogP contribution in [0.4, 0.5) is 5.00 Å². The number of hydrogen-bond donors (Lipinski definition) is 1. The van der Waals surface area contributed by atoms with Gasteiger partial charge in [0, 0.05) is 19.0 Å². The van der Waals surface area contributed by atoms with Crippen LogP contribution in [0.3, 0.4) is 0 Å². The van der Waals surface area contributed by atoms with Gasteiger partial charge < -0.3 is 10.6 Å². The van der Waals surface area contributed by atoms with Crippen LogP contribution < -0.4 is 10.6 Å². The third kappa shape index (κ3) is 2.15. The Morgan fingerprint density at radius 3 is 2.67 bits per heavy atom. The molecule has 82 valence electrons. The Bertz CT molecular complexity index is 353. The Morgan fingerprint density at radius 1 is 1.53 bits per heavy atom. The van der Waals surface area contributed by atoms with Gasteiger partial charge in [-0.25, -0.2) is 0 Å². The highest BCUT2D eigenvalue weighted by Gasteiger charge is 2.24. The zero-order valence-corrected chi connectivity index (χ0v) is 9.72. The summed E-state index contributed by atoms with van der Waals surface area (Å²) >= 11 is 1.78. The first-order valence-electron chi connectivity index (χ1n) is 5.27. The van der Waals surface area contributed by atoms with Crippen LogP contribution in [0, 0.1) is 12.8 Å². The molecule has 4 heteroatoms. The second kappa shape index (κ2) is 4.23. The summed E-state index contributed by atoms with van der Waals surface area (Å²) in [5, 5.41) is 3.46. The molecule has 0 unspecified atom stereocenters. The number of amides is 1. The number of rotatable bonds is 2. The van der Waals surface area contributed by atoms with Gasteiger partial charge >= 0.3 is 0 Å². The van der Waals surface area contributed by atoms with E-state index in [0.717, 1.165) is 25.9 Å². The van der Waals surface area contributed by atoms with Crippen LogP contribution in [0.25, 0.3) is 0 Å². The quantitative estimate of drug-likeness (QED) is 0.832. The van der Waals surface area contributed by atoms with Crippen molar-refractivity contribution in [3.63, 3.8) is 0 Å². The van der Waals surface area contributed by atoms with Crippen LogP contribution in [0.5, 0.6) is 0 Å². The van der Waals surface area contributed by atoms with Gasteiger partial charge in [0.2, 0.25) is 5.91 Å². The van der Waals surface area contributed by atoms with Crippen molar-refractivity contribution in [3.05, 3.63) is 17.0 Å². The van der Waals surface area contributed by atoms with Gasteiger partial charge in [-0.3, -0.25) is 4.79 Å². The summed E-state index contributed by atoms with van der Waals surface area (Å²) in [6.45, 7) is 4.04. The molecule has 1 aliphatic heterocycles. The van der Waals surface area contributed by atoms with Crippen molar-refractivity contribution >= 4 is 22.2 Å². The van der Waals surface area contributed by atoms with Gasteiger partial charge in [-0.2, -0.15) is 0 Å². The minimum absolute atomic E-state index is 0.0847. The van der Waals surface area contributed by atoms with Gasteiger partial charge in [0.05, 0.1) is 5.00 Å². The van der Waals surface area contributed by atoms with Crippen molar-refractivity contribution in [2.24, 2.45) is 11.7 Å². The first-order chi connectivity index (χ1) is 7.18. The average molecular weight is 224 g/mol. The van der Waals surface area contributed by atoms with Crippen LogP contribution in [0.2, 0.25) is 0 Å². The van der Waals surface area contributed by atoms with E-state index in [1.807, 2.05) is 0 Å². The predicted octanol–water partition coefficient (Wildman–Crippen LogP) is 1.76. The molecule has 0 atom stereocenters. The van der Waals surface area contributed by atoms with Crippen LogP contribution in [0.15, 0.2) is 11.4 Å². The first kappa shape index (κ1) is 10.5. The SMILES string of the molecule is Cc1ccsc1N1CCC(C(N)=O)CC1. The highest BCUT2D eigenvalue weighted by molar-refractivity contribution is 7.14. The lowest BCUT2D eigenvalue weighted by molar-refractivity contribution is -0.122. The zero-order chi connectivity index (χ0) is 10.8. The van der Waals surface area contributed by atoms with Crippen molar-refractivity contribution in [2.45, 2.75) is 19.8 Å². The van der Waals surface area contributed by atoms with Crippen molar-refractivity contribution in [1.29, 1.82) is 0 Å².